The smallest absolute Gasteiger partial charge is 0.268 e. The molecule has 0 fully saturated rings. The summed E-state index contributed by atoms with van der Waals surface area (Å²) in [6.07, 6.45) is -1.94. The highest BCUT2D eigenvalue weighted by Crippen LogP contribution is 2.20. The molecule has 16 heavy (non-hydrogen) atoms. The fraction of sp³-hybridized carbons (Fsp3) is 0.182. The summed E-state index contributed by atoms with van der Waals surface area (Å²) in [5, 5.41) is 13.1. The number of aromatic nitrogens is 2. The van der Waals surface area contributed by atoms with E-state index in [1.54, 1.807) is 12.1 Å². The summed E-state index contributed by atoms with van der Waals surface area (Å²) in [5.41, 5.74) is 0.870. The monoisotopic (exact) mass is 224 g/mol. The molecule has 1 N–H and O–H groups in total. The van der Waals surface area contributed by atoms with Crippen molar-refractivity contribution in [1.29, 1.82) is 0 Å². The minimum absolute atomic E-state index is 0.110. The third-order valence-electron chi connectivity index (χ3n) is 2.20. The van der Waals surface area contributed by atoms with Gasteiger partial charge in [0.1, 0.15) is 6.10 Å². The van der Waals surface area contributed by atoms with Crippen LogP contribution in [0.15, 0.2) is 42.7 Å². The van der Waals surface area contributed by atoms with E-state index in [4.69, 9.17) is 5.11 Å². The molecule has 1 aromatic carbocycles. The molecule has 3 nitrogen and oxygen atoms in total. The van der Waals surface area contributed by atoms with Gasteiger partial charge in [-0.3, -0.25) is 0 Å². The highest BCUT2D eigenvalue weighted by atomic mass is 19.3. The Morgan fingerprint density at radius 3 is 2.50 bits per heavy atom. The molecule has 5 heteroatoms. The summed E-state index contributed by atoms with van der Waals surface area (Å²) in [7, 11) is 0. The van der Waals surface area contributed by atoms with Crippen molar-refractivity contribution in [3.8, 4) is 5.69 Å². The molecular weight excluding hydrogens is 214 g/mol. The van der Waals surface area contributed by atoms with Crippen LogP contribution in [0.3, 0.4) is 0 Å². The van der Waals surface area contributed by atoms with Gasteiger partial charge in [-0.2, -0.15) is 5.10 Å². The van der Waals surface area contributed by atoms with E-state index in [-0.39, 0.29) is 5.56 Å². The molecule has 0 saturated carbocycles. The van der Waals surface area contributed by atoms with Crippen LogP contribution in [0.2, 0.25) is 0 Å². The molecule has 1 atom stereocenters. The third-order valence-corrected chi connectivity index (χ3v) is 2.20. The number of aliphatic hydroxyl groups is 1. The second-order valence-corrected chi connectivity index (χ2v) is 3.33. The number of para-hydroxylation sites is 1. The normalized spacial score (nSPS) is 13.0. The summed E-state index contributed by atoms with van der Waals surface area (Å²) in [6, 6.07) is 9.08. The van der Waals surface area contributed by atoms with Crippen molar-refractivity contribution in [2.24, 2.45) is 0 Å². The Labute approximate surface area is 91.0 Å². The lowest BCUT2D eigenvalue weighted by Crippen LogP contribution is -2.06. The van der Waals surface area contributed by atoms with Gasteiger partial charge in [-0.05, 0) is 12.1 Å². The zero-order valence-corrected chi connectivity index (χ0v) is 8.29. The molecule has 0 radical (unpaired) electrons. The van der Waals surface area contributed by atoms with Gasteiger partial charge in [0, 0.05) is 11.8 Å². The maximum absolute atomic E-state index is 12.2. The van der Waals surface area contributed by atoms with Crippen LogP contribution in [-0.4, -0.2) is 21.3 Å². The third kappa shape index (κ3) is 2.09. The number of benzene rings is 1. The highest BCUT2D eigenvalue weighted by Gasteiger charge is 2.20. The van der Waals surface area contributed by atoms with Crippen LogP contribution < -0.4 is 0 Å². The van der Waals surface area contributed by atoms with E-state index >= 15 is 0 Å². The molecule has 0 amide bonds. The lowest BCUT2D eigenvalue weighted by atomic mass is 10.2. The minimum Gasteiger partial charge on any atom is -0.382 e. The molecule has 84 valence electrons. The fourth-order valence-corrected chi connectivity index (χ4v) is 1.36. The van der Waals surface area contributed by atoms with Gasteiger partial charge < -0.3 is 5.11 Å². The van der Waals surface area contributed by atoms with Gasteiger partial charge in [0.15, 0.2) is 0 Å². The van der Waals surface area contributed by atoms with E-state index < -0.39 is 12.5 Å². The Hall–Kier alpha value is -1.75. The standard InChI is InChI=1S/C11H10F2N2O/c12-11(13)10(16)8-6-14-15(7-8)9-4-2-1-3-5-9/h1-7,10-11,16H. The summed E-state index contributed by atoms with van der Waals surface area (Å²) < 4.78 is 25.9. The first-order valence-corrected chi connectivity index (χ1v) is 4.74. The predicted octanol–water partition coefficient (Wildman–Crippen LogP) is 2.17. The zero-order valence-electron chi connectivity index (χ0n) is 8.29. The highest BCUT2D eigenvalue weighted by molar-refractivity contribution is 5.31. The summed E-state index contributed by atoms with van der Waals surface area (Å²) in [5.74, 6) is 0. The Bertz CT molecular complexity index is 456. The van der Waals surface area contributed by atoms with Crippen molar-refractivity contribution in [3.63, 3.8) is 0 Å². The molecular formula is C11H10F2N2O. The van der Waals surface area contributed by atoms with Crippen molar-refractivity contribution in [1.82, 2.24) is 9.78 Å². The van der Waals surface area contributed by atoms with Crippen LogP contribution in [0.5, 0.6) is 0 Å². The van der Waals surface area contributed by atoms with E-state index in [0.717, 1.165) is 5.69 Å². The van der Waals surface area contributed by atoms with Crippen molar-refractivity contribution < 1.29 is 13.9 Å². The van der Waals surface area contributed by atoms with Crippen LogP contribution in [0.25, 0.3) is 5.69 Å². The Kier molecular flexibility index (Phi) is 2.96. The van der Waals surface area contributed by atoms with Crippen LogP contribution in [-0.2, 0) is 0 Å². The van der Waals surface area contributed by atoms with Crippen molar-refractivity contribution in [2.45, 2.75) is 12.5 Å². The van der Waals surface area contributed by atoms with Gasteiger partial charge in [-0.25, -0.2) is 13.5 Å². The SMILES string of the molecule is OC(c1cnn(-c2ccccc2)c1)C(F)F. The first-order chi connectivity index (χ1) is 7.68. The first-order valence-electron chi connectivity index (χ1n) is 4.74. The maximum Gasteiger partial charge on any atom is 0.268 e. The molecule has 1 heterocycles. The Morgan fingerprint density at radius 2 is 1.88 bits per heavy atom. The Balaban J connectivity index is 2.27. The lowest BCUT2D eigenvalue weighted by molar-refractivity contribution is -0.00579. The van der Waals surface area contributed by atoms with Gasteiger partial charge in [0.05, 0.1) is 11.9 Å². The number of hydrogen-bond donors (Lipinski definition) is 1. The van der Waals surface area contributed by atoms with Gasteiger partial charge in [-0.1, -0.05) is 18.2 Å². The number of alkyl halides is 2. The van der Waals surface area contributed by atoms with Crippen LogP contribution in [0.4, 0.5) is 8.78 Å². The number of halogens is 2. The maximum atomic E-state index is 12.2. The summed E-state index contributed by atoms with van der Waals surface area (Å²) in [6.45, 7) is 0. The van der Waals surface area contributed by atoms with E-state index in [0.29, 0.717) is 0 Å². The van der Waals surface area contributed by atoms with E-state index in [2.05, 4.69) is 5.10 Å². The van der Waals surface area contributed by atoms with Gasteiger partial charge in [0.2, 0.25) is 0 Å². The lowest BCUT2D eigenvalue weighted by Gasteiger charge is -2.05. The quantitative estimate of drug-likeness (QED) is 0.867. The molecule has 0 aliphatic rings. The molecule has 2 aromatic rings. The largest absolute Gasteiger partial charge is 0.382 e. The summed E-state index contributed by atoms with van der Waals surface area (Å²) in [4.78, 5) is 0. The van der Waals surface area contributed by atoms with Crippen molar-refractivity contribution in [3.05, 3.63) is 48.3 Å². The first kappa shape index (κ1) is 10.8. The molecule has 0 bridgehead atoms. The molecule has 0 spiro atoms. The number of rotatable bonds is 3. The van der Waals surface area contributed by atoms with Gasteiger partial charge >= 0.3 is 0 Å². The number of aliphatic hydroxyl groups excluding tert-OH is 1. The van der Waals surface area contributed by atoms with Crippen LogP contribution in [0.1, 0.15) is 11.7 Å². The molecule has 0 aliphatic heterocycles. The Morgan fingerprint density at radius 1 is 1.19 bits per heavy atom. The van der Waals surface area contributed by atoms with Gasteiger partial charge in [0.25, 0.3) is 6.43 Å². The van der Waals surface area contributed by atoms with E-state index in [1.807, 2.05) is 18.2 Å². The van der Waals surface area contributed by atoms with Crippen LogP contribution in [0, 0.1) is 0 Å². The average Bonchev–Trinajstić information content (AvgIpc) is 2.78. The molecule has 1 unspecified atom stereocenters. The van der Waals surface area contributed by atoms with Crippen LogP contribution >= 0.6 is 0 Å². The zero-order chi connectivity index (χ0) is 11.5. The molecule has 0 saturated heterocycles. The molecule has 0 aliphatic carbocycles. The summed E-state index contributed by atoms with van der Waals surface area (Å²) >= 11 is 0. The molecule has 1 aromatic heterocycles. The predicted molar refractivity (Wildman–Crippen MR) is 54.5 cm³/mol. The van der Waals surface area contributed by atoms with Crippen molar-refractivity contribution in [2.75, 3.05) is 0 Å². The number of nitrogens with zero attached hydrogens (tertiary/aromatic N) is 2. The second kappa shape index (κ2) is 4.40. The minimum atomic E-state index is -2.80. The van der Waals surface area contributed by atoms with Crippen molar-refractivity contribution >= 4 is 0 Å². The van der Waals surface area contributed by atoms with E-state index in [9.17, 15) is 8.78 Å². The fourth-order valence-electron chi connectivity index (χ4n) is 1.36. The second-order valence-electron chi connectivity index (χ2n) is 3.33. The number of hydrogen-bond acceptors (Lipinski definition) is 2. The topological polar surface area (TPSA) is 38.1 Å². The average molecular weight is 224 g/mol. The van der Waals surface area contributed by atoms with E-state index in [1.165, 1.54) is 17.1 Å². The molecule has 2 rings (SSSR count). The van der Waals surface area contributed by atoms with Gasteiger partial charge in [-0.15, -0.1) is 0 Å².